The van der Waals surface area contributed by atoms with Gasteiger partial charge in [0, 0.05) is 22.7 Å². The minimum Gasteiger partial charge on any atom is -0.489 e. The zero-order valence-electron chi connectivity index (χ0n) is 13.2. The molecule has 0 fully saturated rings. The Morgan fingerprint density at radius 2 is 1.83 bits per heavy atom. The van der Waals surface area contributed by atoms with Crippen molar-refractivity contribution < 1.29 is 14.4 Å². The number of carbonyl (C=O) groups excluding carboxylic acids is 1. The largest absolute Gasteiger partial charge is 0.489 e. The molecule has 2 aromatic carbocycles. The monoisotopic (exact) mass is 366 g/mol. The first-order valence-corrected chi connectivity index (χ1v) is 7.81. The van der Waals surface area contributed by atoms with Crippen molar-refractivity contribution in [3.05, 3.63) is 63.6 Å². The molecular weight excluding hydrogens is 351 g/mol. The number of nitrogens with zero attached hydrogens (tertiary/aromatic N) is 1. The van der Waals surface area contributed by atoms with Gasteiger partial charge in [0.15, 0.2) is 5.71 Å². The van der Waals surface area contributed by atoms with Crippen LogP contribution in [0.2, 0.25) is 10.0 Å². The summed E-state index contributed by atoms with van der Waals surface area (Å²) in [6, 6.07) is 12.2. The van der Waals surface area contributed by atoms with Crippen molar-refractivity contribution in [1.82, 2.24) is 5.32 Å². The van der Waals surface area contributed by atoms with Crippen molar-refractivity contribution in [2.24, 2.45) is 5.16 Å². The summed E-state index contributed by atoms with van der Waals surface area (Å²) < 4.78 is 5.74. The van der Waals surface area contributed by atoms with Crippen LogP contribution in [0.1, 0.15) is 11.1 Å². The molecule has 2 aromatic rings. The Balaban J connectivity index is 2.28. The van der Waals surface area contributed by atoms with Crippen molar-refractivity contribution in [3.8, 4) is 5.75 Å². The van der Waals surface area contributed by atoms with E-state index in [1.807, 2.05) is 18.2 Å². The number of likely N-dealkylation sites (N-methyl/N-ethyl adjacent to an activating group) is 1. The van der Waals surface area contributed by atoms with Gasteiger partial charge >= 0.3 is 0 Å². The summed E-state index contributed by atoms with van der Waals surface area (Å²) in [4.78, 5) is 16.8. The molecule has 0 heterocycles. The van der Waals surface area contributed by atoms with Gasteiger partial charge in [-0.15, -0.1) is 0 Å². The van der Waals surface area contributed by atoms with Gasteiger partial charge in [-0.1, -0.05) is 52.6 Å². The third-order valence-corrected chi connectivity index (χ3v) is 3.56. The summed E-state index contributed by atoms with van der Waals surface area (Å²) in [6.07, 6.45) is 0. The van der Waals surface area contributed by atoms with Crippen LogP contribution in [0.15, 0.2) is 47.6 Å². The van der Waals surface area contributed by atoms with Crippen LogP contribution < -0.4 is 10.1 Å². The second kappa shape index (κ2) is 8.57. The highest BCUT2D eigenvalue weighted by molar-refractivity contribution is 6.45. The number of carbonyl (C=O) groups is 1. The van der Waals surface area contributed by atoms with Crippen LogP contribution in [0.3, 0.4) is 0 Å². The van der Waals surface area contributed by atoms with Crippen LogP contribution in [0.25, 0.3) is 0 Å². The third kappa shape index (κ3) is 4.63. The Labute approximate surface area is 150 Å². The molecule has 0 aliphatic heterocycles. The van der Waals surface area contributed by atoms with E-state index in [1.165, 1.54) is 14.2 Å². The van der Waals surface area contributed by atoms with Gasteiger partial charge in [-0.05, 0) is 23.8 Å². The molecule has 24 heavy (non-hydrogen) atoms. The van der Waals surface area contributed by atoms with Gasteiger partial charge in [0.05, 0.1) is 0 Å². The predicted octanol–water partition coefficient (Wildman–Crippen LogP) is 3.67. The average molecular weight is 367 g/mol. The predicted molar refractivity (Wildman–Crippen MR) is 94.8 cm³/mol. The van der Waals surface area contributed by atoms with E-state index in [9.17, 15) is 4.79 Å². The summed E-state index contributed by atoms with van der Waals surface area (Å²) in [5.74, 6) is 0.183. The molecule has 0 atom stereocenters. The normalized spacial score (nSPS) is 11.1. The number of hydrogen-bond donors (Lipinski definition) is 1. The minimum absolute atomic E-state index is 0.170. The maximum absolute atomic E-state index is 12.0. The van der Waals surface area contributed by atoms with E-state index in [1.54, 1.807) is 24.3 Å². The van der Waals surface area contributed by atoms with Crippen molar-refractivity contribution in [3.63, 3.8) is 0 Å². The Hall–Kier alpha value is -2.24. The topological polar surface area (TPSA) is 59.9 Å². The molecule has 0 unspecified atom stereocenters. The van der Waals surface area contributed by atoms with Crippen LogP contribution in [-0.4, -0.2) is 25.8 Å². The van der Waals surface area contributed by atoms with E-state index in [4.69, 9.17) is 32.8 Å². The number of nitrogens with one attached hydrogen (secondary N) is 1. The van der Waals surface area contributed by atoms with Gasteiger partial charge in [-0.3, -0.25) is 4.79 Å². The van der Waals surface area contributed by atoms with E-state index in [2.05, 4.69) is 10.5 Å². The molecule has 0 aromatic heterocycles. The van der Waals surface area contributed by atoms with Crippen molar-refractivity contribution in [2.75, 3.05) is 14.2 Å². The zero-order chi connectivity index (χ0) is 17.5. The Morgan fingerprint density at radius 3 is 2.46 bits per heavy atom. The Morgan fingerprint density at radius 1 is 1.17 bits per heavy atom. The lowest BCUT2D eigenvalue weighted by atomic mass is 10.0. The lowest BCUT2D eigenvalue weighted by Gasteiger charge is -2.12. The van der Waals surface area contributed by atoms with Crippen molar-refractivity contribution in [1.29, 1.82) is 0 Å². The molecule has 0 aliphatic rings. The number of oxime groups is 1. The fourth-order valence-corrected chi connectivity index (χ4v) is 2.58. The summed E-state index contributed by atoms with van der Waals surface area (Å²) in [6.45, 7) is 0.215. The van der Waals surface area contributed by atoms with Crippen LogP contribution in [0.5, 0.6) is 5.75 Å². The molecule has 0 saturated heterocycles. The first-order valence-electron chi connectivity index (χ1n) is 7.05. The molecule has 2 rings (SSSR count). The molecule has 126 valence electrons. The summed E-state index contributed by atoms with van der Waals surface area (Å²) in [5, 5.41) is 7.32. The first kappa shape index (κ1) is 18.1. The summed E-state index contributed by atoms with van der Waals surface area (Å²) in [7, 11) is 2.91. The molecule has 1 N–H and O–H groups in total. The number of halogens is 2. The van der Waals surface area contributed by atoms with Crippen LogP contribution in [0, 0.1) is 0 Å². The lowest BCUT2D eigenvalue weighted by Crippen LogP contribution is -2.29. The molecular formula is C17H16Cl2N2O3. The van der Waals surface area contributed by atoms with Crippen molar-refractivity contribution in [2.45, 2.75) is 6.61 Å². The summed E-state index contributed by atoms with van der Waals surface area (Å²) >= 11 is 11.9. The van der Waals surface area contributed by atoms with E-state index in [0.29, 0.717) is 21.4 Å². The second-order valence-corrected chi connectivity index (χ2v) is 5.63. The third-order valence-electron chi connectivity index (χ3n) is 3.13. The lowest BCUT2D eigenvalue weighted by molar-refractivity contribution is -0.114. The fourth-order valence-electron chi connectivity index (χ4n) is 2.07. The van der Waals surface area contributed by atoms with Crippen LogP contribution in [-0.2, 0) is 16.2 Å². The Bertz CT molecular complexity index is 743. The van der Waals surface area contributed by atoms with Crippen LogP contribution >= 0.6 is 23.2 Å². The van der Waals surface area contributed by atoms with E-state index >= 15 is 0 Å². The number of amides is 1. The molecule has 7 heteroatoms. The second-order valence-electron chi connectivity index (χ2n) is 4.75. The SMILES string of the molecule is CNC(=O)C(=NOC)c1ccccc1COc1cc(Cl)cc(Cl)c1. The maximum Gasteiger partial charge on any atom is 0.273 e. The van der Waals surface area contributed by atoms with Gasteiger partial charge in [-0.2, -0.15) is 0 Å². The fraction of sp³-hybridized carbons (Fsp3) is 0.176. The number of rotatable bonds is 6. The quantitative estimate of drug-likeness (QED) is 0.626. The first-order chi connectivity index (χ1) is 11.5. The molecule has 0 radical (unpaired) electrons. The number of hydrogen-bond acceptors (Lipinski definition) is 4. The van der Waals surface area contributed by atoms with E-state index in [-0.39, 0.29) is 18.2 Å². The maximum atomic E-state index is 12.0. The van der Waals surface area contributed by atoms with Gasteiger partial charge in [0.1, 0.15) is 19.5 Å². The molecule has 5 nitrogen and oxygen atoms in total. The van der Waals surface area contributed by atoms with E-state index in [0.717, 1.165) is 5.56 Å². The number of ether oxygens (including phenoxy) is 1. The zero-order valence-corrected chi connectivity index (χ0v) is 14.7. The van der Waals surface area contributed by atoms with E-state index < -0.39 is 0 Å². The molecule has 0 aliphatic carbocycles. The molecule has 1 amide bonds. The van der Waals surface area contributed by atoms with Gasteiger partial charge in [0.2, 0.25) is 0 Å². The highest BCUT2D eigenvalue weighted by Gasteiger charge is 2.17. The highest BCUT2D eigenvalue weighted by Crippen LogP contribution is 2.25. The Kier molecular flexibility index (Phi) is 6.46. The highest BCUT2D eigenvalue weighted by atomic mass is 35.5. The van der Waals surface area contributed by atoms with Crippen LogP contribution in [0.4, 0.5) is 0 Å². The molecule has 0 bridgehead atoms. The molecule has 0 saturated carbocycles. The summed E-state index contributed by atoms with van der Waals surface area (Å²) in [5.41, 5.74) is 1.56. The smallest absolute Gasteiger partial charge is 0.273 e. The van der Waals surface area contributed by atoms with Gasteiger partial charge in [0.25, 0.3) is 5.91 Å². The number of benzene rings is 2. The standard InChI is InChI=1S/C17H16Cl2N2O3/c1-20-17(22)16(21-23-2)15-6-4-3-5-11(15)10-24-14-8-12(18)7-13(19)9-14/h3-9H,10H2,1-2H3,(H,20,22). The average Bonchev–Trinajstić information content (AvgIpc) is 2.57. The van der Waals surface area contributed by atoms with Gasteiger partial charge in [-0.25, -0.2) is 0 Å². The minimum atomic E-state index is -0.352. The van der Waals surface area contributed by atoms with Gasteiger partial charge < -0.3 is 14.9 Å². The molecule has 0 spiro atoms. The van der Waals surface area contributed by atoms with Crippen molar-refractivity contribution >= 4 is 34.8 Å².